The van der Waals surface area contributed by atoms with Gasteiger partial charge in [0, 0.05) is 26.1 Å². The number of carbonyl (C=O) groups is 3. The first kappa shape index (κ1) is 20.9. The van der Waals surface area contributed by atoms with Gasteiger partial charge in [0.15, 0.2) is 6.10 Å². The molecule has 3 fully saturated rings. The normalized spacial score (nSPS) is 38.2. The number of imide groups is 1. The number of aliphatic hydroxyl groups excluding tert-OH is 5. The average Bonchev–Trinajstić information content (AvgIpc) is 2.91. The number of hydrogen-bond acceptors (Lipinski definition) is 9. The average molecular weight is 402 g/mol. The maximum atomic E-state index is 12.5. The van der Waals surface area contributed by atoms with Crippen molar-refractivity contribution < 1.29 is 44.7 Å². The molecule has 1 aliphatic carbocycles. The summed E-state index contributed by atoms with van der Waals surface area (Å²) in [5, 5.41) is 48.9. The lowest BCUT2D eigenvalue weighted by Crippen LogP contribution is -2.65. The largest absolute Gasteiger partial charge is 0.440 e. The summed E-state index contributed by atoms with van der Waals surface area (Å²) in [6.45, 7) is 2.31. The lowest BCUT2D eigenvalue weighted by molar-refractivity contribution is -0.224. The van der Waals surface area contributed by atoms with Crippen LogP contribution < -0.4 is 0 Å². The zero-order chi connectivity index (χ0) is 20.8. The van der Waals surface area contributed by atoms with Crippen LogP contribution in [0.1, 0.15) is 26.2 Å². The molecule has 1 saturated carbocycles. The van der Waals surface area contributed by atoms with E-state index >= 15 is 0 Å². The minimum Gasteiger partial charge on any atom is -0.440 e. The van der Waals surface area contributed by atoms with Gasteiger partial charge in [-0.25, -0.2) is 4.79 Å². The van der Waals surface area contributed by atoms with E-state index in [2.05, 4.69) is 0 Å². The SMILES string of the molecule is CCN1C(=O)CC2(CCN(C(=O)O[C@@H]3C(O)C(O)[C@@H](O)[C@@H](O)C3O)CC2)C1=O. The minimum atomic E-state index is -1.79. The van der Waals surface area contributed by atoms with E-state index in [0.29, 0.717) is 6.54 Å². The number of piperidine rings is 1. The second kappa shape index (κ2) is 7.56. The molecule has 1 spiro atoms. The van der Waals surface area contributed by atoms with Crippen LogP contribution in [-0.2, 0) is 14.3 Å². The minimum absolute atomic E-state index is 0.110. The Morgan fingerprint density at radius 2 is 1.50 bits per heavy atom. The van der Waals surface area contributed by atoms with Gasteiger partial charge in [-0.1, -0.05) is 0 Å². The standard InChI is InChI=1S/C17H26N2O9/c1-2-19-8(20)7-17(15(19)26)3-5-18(6-4-17)16(27)28-14-12(24)10(22)9(21)11(23)13(14)25/h9-14,21-25H,2-7H2,1H3/t9-,10+,11?,12?,13?,14-/m0/s1. The van der Waals surface area contributed by atoms with Crippen LogP contribution in [0.15, 0.2) is 0 Å². The Labute approximate surface area is 161 Å². The van der Waals surface area contributed by atoms with Gasteiger partial charge in [0.25, 0.3) is 0 Å². The summed E-state index contributed by atoms with van der Waals surface area (Å²) in [7, 11) is 0. The van der Waals surface area contributed by atoms with Gasteiger partial charge in [0.2, 0.25) is 11.8 Å². The zero-order valence-electron chi connectivity index (χ0n) is 15.5. The highest BCUT2D eigenvalue weighted by atomic mass is 16.6. The van der Waals surface area contributed by atoms with Crippen molar-refractivity contribution in [2.45, 2.75) is 62.8 Å². The van der Waals surface area contributed by atoms with Crippen LogP contribution in [0.2, 0.25) is 0 Å². The summed E-state index contributed by atoms with van der Waals surface area (Å²) in [6.07, 6.45) is -10.8. The zero-order valence-corrected chi connectivity index (χ0v) is 15.5. The first-order valence-electron chi connectivity index (χ1n) is 9.33. The molecule has 0 radical (unpaired) electrons. The summed E-state index contributed by atoms with van der Waals surface area (Å²) >= 11 is 0. The predicted molar refractivity (Wildman–Crippen MR) is 90.6 cm³/mol. The molecule has 5 N–H and O–H groups in total. The number of likely N-dealkylation sites (tertiary alicyclic amines) is 2. The molecule has 28 heavy (non-hydrogen) atoms. The maximum absolute atomic E-state index is 12.5. The second-order valence-corrected chi connectivity index (χ2v) is 7.69. The summed E-state index contributed by atoms with van der Waals surface area (Å²) in [6, 6.07) is 0. The van der Waals surface area contributed by atoms with Crippen LogP contribution in [-0.4, -0.2) is 109 Å². The van der Waals surface area contributed by atoms with E-state index in [1.165, 1.54) is 9.80 Å². The Morgan fingerprint density at radius 1 is 1.00 bits per heavy atom. The third-order valence-corrected chi connectivity index (χ3v) is 6.09. The molecule has 0 aromatic carbocycles. The molecule has 0 aromatic rings. The molecular formula is C17H26N2O9. The van der Waals surface area contributed by atoms with E-state index in [9.17, 15) is 39.9 Å². The number of hydrogen-bond donors (Lipinski definition) is 5. The fourth-order valence-corrected chi connectivity index (χ4v) is 4.22. The van der Waals surface area contributed by atoms with Gasteiger partial charge in [0.05, 0.1) is 5.41 Å². The maximum Gasteiger partial charge on any atom is 0.410 e. The van der Waals surface area contributed by atoms with Gasteiger partial charge in [-0.05, 0) is 19.8 Å². The van der Waals surface area contributed by atoms with Gasteiger partial charge in [0.1, 0.15) is 30.5 Å². The number of carbonyl (C=O) groups excluding carboxylic acids is 3. The van der Waals surface area contributed by atoms with Gasteiger partial charge in [-0.15, -0.1) is 0 Å². The molecule has 3 unspecified atom stereocenters. The van der Waals surface area contributed by atoms with Crippen molar-refractivity contribution in [1.82, 2.24) is 9.80 Å². The van der Waals surface area contributed by atoms with Crippen molar-refractivity contribution in [3.63, 3.8) is 0 Å². The summed E-state index contributed by atoms with van der Waals surface area (Å²) in [5.74, 6) is -0.454. The number of ether oxygens (including phenoxy) is 1. The Balaban J connectivity index is 1.62. The fraction of sp³-hybridized carbons (Fsp3) is 0.824. The Kier molecular flexibility index (Phi) is 5.65. The summed E-state index contributed by atoms with van der Waals surface area (Å²) in [4.78, 5) is 39.4. The lowest BCUT2D eigenvalue weighted by Gasteiger charge is -2.42. The van der Waals surface area contributed by atoms with Crippen LogP contribution in [0, 0.1) is 5.41 Å². The number of nitrogens with zero attached hydrogens (tertiary/aromatic N) is 2. The van der Waals surface area contributed by atoms with Gasteiger partial charge < -0.3 is 35.2 Å². The monoisotopic (exact) mass is 402 g/mol. The molecule has 6 atom stereocenters. The highest BCUT2D eigenvalue weighted by Crippen LogP contribution is 2.42. The van der Waals surface area contributed by atoms with Gasteiger partial charge in [-0.3, -0.25) is 14.5 Å². The molecule has 2 heterocycles. The molecule has 0 aromatic heterocycles. The van der Waals surface area contributed by atoms with Crippen molar-refractivity contribution in [3.05, 3.63) is 0 Å². The number of amides is 3. The van der Waals surface area contributed by atoms with Crippen LogP contribution >= 0.6 is 0 Å². The van der Waals surface area contributed by atoms with E-state index in [1.54, 1.807) is 6.92 Å². The first-order valence-corrected chi connectivity index (χ1v) is 9.33. The molecule has 2 saturated heterocycles. The van der Waals surface area contributed by atoms with Crippen molar-refractivity contribution in [3.8, 4) is 0 Å². The molecule has 3 amide bonds. The van der Waals surface area contributed by atoms with E-state index in [0.717, 1.165) is 0 Å². The Bertz CT molecular complexity index is 633. The topological polar surface area (TPSA) is 168 Å². The van der Waals surface area contributed by atoms with Gasteiger partial charge >= 0.3 is 6.09 Å². The van der Waals surface area contributed by atoms with Crippen molar-refractivity contribution in [2.24, 2.45) is 5.41 Å². The van der Waals surface area contributed by atoms with E-state index in [1.807, 2.05) is 0 Å². The molecule has 158 valence electrons. The number of aliphatic hydroxyl groups is 5. The third-order valence-electron chi connectivity index (χ3n) is 6.09. The smallest absolute Gasteiger partial charge is 0.410 e. The Hall–Kier alpha value is -1.79. The van der Waals surface area contributed by atoms with Gasteiger partial charge in [-0.2, -0.15) is 0 Å². The third kappa shape index (κ3) is 3.26. The van der Waals surface area contributed by atoms with Crippen molar-refractivity contribution in [2.75, 3.05) is 19.6 Å². The fourth-order valence-electron chi connectivity index (χ4n) is 4.22. The Morgan fingerprint density at radius 3 is 1.96 bits per heavy atom. The predicted octanol–water partition coefficient (Wildman–Crippen LogP) is -2.83. The highest BCUT2D eigenvalue weighted by Gasteiger charge is 2.54. The summed E-state index contributed by atoms with van der Waals surface area (Å²) in [5.41, 5.74) is -0.815. The van der Waals surface area contributed by atoms with E-state index in [4.69, 9.17) is 4.74 Å². The van der Waals surface area contributed by atoms with Crippen molar-refractivity contribution >= 4 is 17.9 Å². The lowest BCUT2D eigenvalue weighted by atomic mass is 9.77. The summed E-state index contributed by atoms with van der Waals surface area (Å²) < 4.78 is 5.08. The second-order valence-electron chi connectivity index (χ2n) is 7.69. The van der Waals surface area contributed by atoms with E-state index < -0.39 is 48.1 Å². The molecular weight excluding hydrogens is 376 g/mol. The molecule has 11 nitrogen and oxygen atoms in total. The van der Waals surface area contributed by atoms with Crippen LogP contribution in [0.4, 0.5) is 4.79 Å². The first-order chi connectivity index (χ1) is 13.1. The van der Waals surface area contributed by atoms with Crippen molar-refractivity contribution in [1.29, 1.82) is 0 Å². The molecule has 3 aliphatic rings. The van der Waals surface area contributed by atoms with Crippen LogP contribution in [0.5, 0.6) is 0 Å². The van der Waals surface area contributed by atoms with Crippen LogP contribution in [0.3, 0.4) is 0 Å². The molecule has 0 bridgehead atoms. The molecule has 11 heteroatoms. The quantitative estimate of drug-likeness (QED) is 0.306. The van der Waals surface area contributed by atoms with Crippen LogP contribution in [0.25, 0.3) is 0 Å². The molecule has 2 aliphatic heterocycles. The van der Waals surface area contributed by atoms with E-state index in [-0.39, 0.29) is 44.2 Å². The molecule has 3 rings (SSSR count). The number of rotatable bonds is 2. The highest BCUT2D eigenvalue weighted by molar-refractivity contribution is 6.06.